The SMILES string of the molecule is C/C=C(C)\C=C(/N)c1cccs1.CCl. The molecular formula is C11H16ClNS. The molecular weight excluding hydrogens is 214 g/mol. The molecule has 0 amide bonds. The molecule has 1 aromatic heterocycles. The summed E-state index contributed by atoms with van der Waals surface area (Å²) in [6.45, 7) is 4.05. The zero-order chi connectivity index (χ0) is 11.0. The van der Waals surface area contributed by atoms with Crippen LogP contribution in [-0.4, -0.2) is 6.38 Å². The summed E-state index contributed by atoms with van der Waals surface area (Å²) in [6.07, 6.45) is 5.51. The molecule has 0 aromatic carbocycles. The van der Waals surface area contributed by atoms with Crippen LogP contribution in [0.5, 0.6) is 0 Å². The van der Waals surface area contributed by atoms with Crippen molar-refractivity contribution in [2.75, 3.05) is 6.38 Å². The molecule has 0 aliphatic heterocycles. The van der Waals surface area contributed by atoms with Crippen LogP contribution < -0.4 is 5.73 Å². The minimum Gasteiger partial charge on any atom is -0.398 e. The fourth-order valence-electron chi connectivity index (χ4n) is 0.843. The molecule has 0 radical (unpaired) electrons. The normalized spacial score (nSPS) is 12.0. The second-order valence-electron chi connectivity index (χ2n) is 2.61. The Labute approximate surface area is 94.9 Å². The van der Waals surface area contributed by atoms with Gasteiger partial charge in [0, 0.05) is 17.0 Å². The van der Waals surface area contributed by atoms with Crippen LogP contribution in [0, 0.1) is 0 Å². The van der Waals surface area contributed by atoms with E-state index < -0.39 is 0 Å². The van der Waals surface area contributed by atoms with Crippen LogP contribution in [0.15, 0.2) is 35.2 Å². The summed E-state index contributed by atoms with van der Waals surface area (Å²) in [5, 5.41) is 2.03. The molecule has 0 fully saturated rings. The first-order valence-corrected chi connectivity index (χ1v) is 5.89. The van der Waals surface area contributed by atoms with Crippen LogP contribution in [0.25, 0.3) is 5.70 Å². The van der Waals surface area contributed by atoms with Gasteiger partial charge >= 0.3 is 0 Å². The predicted octanol–water partition coefficient (Wildman–Crippen LogP) is 3.87. The third kappa shape index (κ3) is 4.49. The second-order valence-corrected chi connectivity index (χ2v) is 3.56. The molecule has 1 aromatic rings. The highest BCUT2D eigenvalue weighted by molar-refractivity contribution is 7.11. The highest BCUT2D eigenvalue weighted by atomic mass is 35.5. The van der Waals surface area contributed by atoms with Crippen LogP contribution in [0.1, 0.15) is 18.7 Å². The Morgan fingerprint density at radius 3 is 2.57 bits per heavy atom. The van der Waals surface area contributed by atoms with E-state index in [-0.39, 0.29) is 0 Å². The van der Waals surface area contributed by atoms with Crippen LogP contribution >= 0.6 is 22.9 Å². The molecule has 0 unspecified atom stereocenters. The number of alkyl halides is 1. The van der Waals surface area contributed by atoms with Gasteiger partial charge in [-0.25, -0.2) is 0 Å². The quantitative estimate of drug-likeness (QED) is 0.605. The minimum absolute atomic E-state index is 0.848. The lowest BCUT2D eigenvalue weighted by atomic mass is 10.2. The maximum Gasteiger partial charge on any atom is 0.0499 e. The van der Waals surface area contributed by atoms with Gasteiger partial charge in [-0.2, -0.15) is 0 Å². The Bertz CT molecular complexity index is 299. The maximum atomic E-state index is 5.85. The van der Waals surface area contributed by atoms with E-state index in [4.69, 9.17) is 5.73 Å². The third-order valence-electron chi connectivity index (χ3n) is 1.64. The van der Waals surface area contributed by atoms with Gasteiger partial charge in [-0.15, -0.1) is 22.9 Å². The van der Waals surface area contributed by atoms with Crippen LogP contribution in [0.2, 0.25) is 0 Å². The minimum atomic E-state index is 0.848. The highest BCUT2D eigenvalue weighted by Gasteiger charge is 1.95. The van der Waals surface area contributed by atoms with Gasteiger partial charge in [-0.1, -0.05) is 17.7 Å². The molecule has 3 heteroatoms. The monoisotopic (exact) mass is 229 g/mol. The fourth-order valence-corrected chi connectivity index (χ4v) is 1.50. The lowest BCUT2D eigenvalue weighted by Gasteiger charge is -1.96. The molecule has 0 atom stereocenters. The standard InChI is InChI=1S/C10H13NS.CH3Cl/c1-3-8(2)7-9(11)10-5-4-6-12-10;1-2/h3-7H,11H2,1-2H3;1H3/b8-3-,9-7-;. The Kier molecular flexibility index (Phi) is 7.25. The van der Waals surface area contributed by atoms with E-state index in [9.17, 15) is 0 Å². The molecule has 0 bridgehead atoms. The van der Waals surface area contributed by atoms with Gasteiger partial charge in [0.2, 0.25) is 0 Å². The summed E-state index contributed by atoms with van der Waals surface area (Å²) in [5.41, 5.74) is 7.89. The van der Waals surface area contributed by atoms with Gasteiger partial charge in [0.15, 0.2) is 0 Å². The van der Waals surface area contributed by atoms with E-state index >= 15 is 0 Å². The Balaban J connectivity index is 0.000000791. The molecule has 0 saturated heterocycles. The number of allylic oxidation sites excluding steroid dienone is 3. The molecule has 1 rings (SSSR count). The van der Waals surface area contributed by atoms with Crippen LogP contribution in [0.4, 0.5) is 0 Å². The largest absolute Gasteiger partial charge is 0.398 e. The summed E-state index contributed by atoms with van der Waals surface area (Å²) in [6, 6.07) is 4.03. The van der Waals surface area contributed by atoms with E-state index in [1.807, 2.05) is 43.5 Å². The second kappa shape index (κ2) is 7.65. The summed E-state index contributed by atoms with van der Waals surface area (Å²) in [7, 11) is 0. The number of thiophene rings is 1. The van der Waals surface area contributed by atoms with Gasteiger partial charge in [-0.05, 0) is 31.4 Å². The van der Waals surface area contributed by atoms with Crippen molar-refractivity contribution in [1.82, 2.24) is 0 Å². The van der Waals surface area contributed by atoms with Gasteiger partial charge in [-0.3, -0.25) is 0 Å². The molecule has 0 spiro atoms. The van der Waals surface area contributed by atoms with Gasteiger partial charge < -0.3 is 5.73 Å². The van der Waals surface area contributed by atoms with E-state index in [1.54, 1.807) is 11.3 Å². The first-order chi connectivity index (χ1) is 6.74. The zero-order valence-corrected chi connectivity index (χ0v) is 10.3. The van der Waals surface area contributed by atoms with Gasteiger partial charge in [0.25, 0.3) is 0 Å². The maximum absolute atomic E-state index is 5.85. The van der Waals surface area contributed by atoms with E-state index in [0.29, 0.717) is 0 Å². The summed E-state index contributed by atoms with van der Waals surface area (Å²) >= 11 is 6.30. The van der Waals surface area contributed by atoms with E-state index in [0.717, 1.165) is 10.6 Å². The lowest BCUT2D eigenvalue weighted by Crippen LogP contribution is -1.93. The van der Waals surface area contributed by atoms with Crippen molar-refractivity contribution in [1.29, 1.82) is 0 Å². The zero-order valence-electron chi connectivity index (χ0n) is 8.75. The highest BCUT2D eigenvalue weighted by Crippen LogP contribution is 2.16. The summed E-state index contributed by atoms with van der Waals surface area (Å²) < 4.78 is 0. The topological polar surface area (TPSA) is 26.0 Å². The lowest BCUT2D eigenvalue weighted by molar-refractivity contribution is 1.45. The van der Waals surface area contributed by atoms with Crippen molar-refractivity contribution < 1.29 is 0 Å². The average molecular weight is 230 g/mol. The molecule has 1 heterocycles. The van der Waals surface area contributed by atoms with Crippen molar-refractivity contribution in [3.8, 4) is 0 Å². The number of hydrogen-bond donors (Lipinski definition) is 1. The Morgan fingerprint density at radius 2 is 2.14 bits per heavy atom. The predicted molar refractivity (Wildman–Crippen MR) is 67.7 cm³/mol. The first-order valence-electron chi connectivity index (χ1n) is 4.26. The summed E-state index contributed by atoms with van der Waals surface area (Å²) in [4.78, 5) is 1.14. The van der Waals surface area contributed by atoms with Gasteiger partial charge in [0.1, 0.15) is 0 Å². The summed E-state index contributed by atoms with van der Waals surface area (Å²) in [5.74, 6) is 0. The number of halogens is 1. The Morgan fingerprint density at radius 1 is 1.50 bits per heavy atom. The van der Waals surface area contributed by atoms with E-state index in [1.165, 1.54) is 12.0 Å². The number of nitrogens with two attached hydrogens (primary N) is 1. The van der Waals surface area contributed by atoms with E-state index in [2.05, 4.69) is 11.6 Å². The van der Waals surface area contributed by atoms with Crippen molar-refractivity contribution >= 4 is 28.6 Å². The molecule has 1 nitrogen and oxygen atoms in total. The van der Waals surface area contributed by atoms with Crippen molar-refractivity contribution in [2.45, 2.75) is 13.8 Å². The smallest absolute Gasteiger partial charge is 0.0499 e. The fraction of sp³-hybridized carbons (Fsp3) is 0.273. The van der Waals surface area contributed by atoms with Crippen LogP contribution in [0.3, 0.4) is 0 Å². The molecule has 0 aliphatic carbocycles. The molecule has 0 aliphatic rings. The average Bonchev–Trinajstić information content (AvgIpc) is 2.73. The number of rotatable bonds is 2. The van der Waals surface area contributed by atoms with Crippen molar-refractivity contribution in [3.63, 3.8) is 0 Å². The molecule has 14 heavy (non-hydrogen) atoms. The first kappa shape index (κ1) is 13.3. The van der Waals surface area contributed by atoms with Crippen LogP contribution in [-0.2, 0) is 0 Å². The van der Waals surface area contributed by atoms with Crippen molar-refractivity contribution in [3.05, 3.63) is 40.1 Å². The molecule has 2 N–H and O–H groups in total. The Hall–Kier alpha value is -0.730. The molecule has 78 valence electrons. The third-order valence-corrected chi connectivity index (χ3v) is 2.56. The number of hydrogen-bond acceptors (Lipinski definition) is 2. The van der Waals surface area contributed by atoms with Gasteiger partial charge in [0.05, 0.1) is 0 Å². The van der Waals surface area contributed by atoms with Crippen molar-refractivity contribution in [2.24, 2.45) is 5.73 Å². The molecule has 0 saturated carbocycles.